The number of halogens is 3. The molecule has 6 rings (SSSR count). The molecule has 0 radical (unpaired) electrons. The predicted octanol–water partition coefficient (Wildman–Crippen LogP) is 4.48. The van der Waals surface area contributed by atoms with Crippen LogP contribution in [0, 0.1) is 11.3 Å². The molecule has 2 aliphatic heterocycles. The highest BCUT2D eigenvalue weighted by Gasteiger charge is 2.62. The summed E-state index contributed by atoms with van der Waals surface area (Å²) in [7, 11) is -4.19. The van der Waals surface area contributed by atoms with Crippen molar-refractivity contribution in [1.29, 1.82) is 0 Å². The number of ether oxygens (including phenoxy) is 1. The number of nitrogens with zero attached hydrogens (tertiary/aromatic N) is 6. The second-order valence-electron chi connectivity index (χ2n) is 12.4. The largest absolute Gasteiger partial charge is 0.477 e. The highest BCUT2D eigenvalue weighted by molar-refractivity contribution is 7.90. The van der Waals surface area contributed by atoms with Gasteiger partial charge in [-0.3, -0.25) is 9.48 Å². The molecule has 4 bridgehead atoms. The molecule has 3 aromatic rings. The van der Waals surface area contributed by atoms with E-state index in [0.29, 0.717) is 30.6 Å². The fourth-order valence-corrected chi connectivity index (χ4v) is 7.06. The van der Waals surface area contributed by atoms with E-state index < -0.39 is 27.5 Å². The van der Waals surface area contributed by atoms with Crippen molar-refractivity contribution in [1.82, 2.24) is 29.3 Å². The molecule has 1 aliphatic carbocycles. The van der Waals surface area contributed by atoms with Gasteiger partial charge in [0.2, 0.25) is 5.88 Å². The first kappa shape index (κ1) is 29.5. The maximum Gasteiger partial charge on any atom is 0.394 e. The van der Waals surface area contributed by atoms with Crippen LogP contribution in [0.5, 0.6) is 5.88 Å². The summed E-state index contributed by atoms with van der Waals surface area (Å²) < 4.78 is 76.6. The number of anilines is 1. The molecule has 2 fully saturated rings. The number of amides is 1. The van der Waals surface area contributed by atoms with Crippen molar-refractivity contribution in [3.05, 3.63) is 42.4 Å². The average Bonchev–Trinajstić information content (AvgIpc) is 3.23. The number of fused-ring (bicyclic) bond motifs is 6. The first-order valence-electron chi connectivity index (χ1n) is 14.4. The van der Waals surface area contributed by atoms with Crippen LogP contribution in [0.25, 0.3) is 5.82 Å². The number of carbonyl (C=O) groups is 1. The van der Waals surface area contributed by atoms with Crippen LogP contribution in [-0.4, -0.2) is 63.7 Å². The lowest BCUT2D eigenvalue weighted by molar-refractivity contribution is -0.190. The molecule has 0 spiro atoms. The van der Waals surface area contributed by atoms with Crippen molar-refractivity contribution in [2.45, 2.75) is 81.9 Å². The van der Waals surface area contributed by atoms with Crippen molar-refractivity contribution < 1.29 is 31.1 Å². The molecule has 5 heterocycles. The van der Waals surface area contributed by atoms with Crippen molar-refractivity contribution >= 4 is 21.7 Å². The number of hydrogen-bond donors (Lipinski definition) is 1. The van der Waals surface area contributed by atoms with Crippen molar-refractivity contribution in [2.75, 3.05) is 18.1 Å². The van der Waals surface area contributed by atoms with E-state index in [0.717, 1.165) is 25.7 Å². The summed E-state index contributed by atoms with van der Waals surface area (Å²) in [6, 6.07) is 4.59. The molecule has 1 amide bonds. The Kier molecular flexibility index (Phi) is 7.21. The Labute approximate surface area is 247 Å². The Morgan fingerprint density at radius 3 is 2.70 bits per heavy atom. The second-order valence-corrected chi connectivity index (χ2v) is 14.1. The zero-order chi connectivity index (χ0) is 30.6. The Hall–Kier alpha value is -3.62. The number of alkyl halides is 3. The van der Waals surface area contributed by atoms with Gasteiger partial charge in [0.1, 0.15) is 10.7 Å². The first-order chi connectivity index (χ1) is 20.3. The van der Waals surface area contributed by atoms with Crippen LogP contribution in [0.3, 0.4) is 0 Å². The quantitative estimate of drug-likeness (QED) is 0.442. The van der Waals surface area contributed by atoms with Crippen molar-refractivity contribution in [3.63, 3.8) is 0 Å². The number of nitrogens with one attached hydrogen (secondary N) is 1. The predicted molar refractivity (Wildman–Crippen MR) is 149 cm³/mol. The summed E-state index contributed by atoms with van der Waals surface area (Å²) in [4.78, 5) is 20.2. The third kappa shape index (κ3) is 5.83. The molecule has 43 heavy (non-hydrogen) atoms. The van der Waals surface area contributed by atoms with Crippen LogP contribution in [0.1, 0.15) is 69.2 Å². The van der Waals surface area contributed by atoms with E-state index >= 15 is 0 Å². The maximum atomic E-state index is 13.5. The van der Waals surface area contributed by atoms with E-state index in [2.05, 4.69) is 28.8 Å². The lowest BCUT2D eigenvalue weighted by Crippen LogP contribution is -2.41. The van der Waals surface area contributed by atoms with Crippen LogP contribution < -0.4 is 14.4 Å². The van der Waals surface area contributed by atoms with Gasteiger partial charge < -0.3 is 9.64 Å². The van der Waals surface area contributed by atoms with Crippen LogP contribution >= 0.6 is 0 Å². The fraction of sp³-hybridized carbons (Fsp3) is 0.571. The van der Waals surface area contributed by atoms with Crippen LogP contribution in [0.4, 0.5) is 19.0 Å². The van der Waals surface area contributed by atoms with Gasteiger partial charge in [0.15, 0.2) is 5.82 Å². The lowest BCUT2D eigenvalue weighted by atomic mass is 9.93. The molecule has 0 aromatic carbocycles. The second kappa shape index (κ2) is 10.5. The Balaban J connectivity index is 1.29. The van der Waals surface area contributed by atoms with Gasteiger partial charge in [0.25, 0.3) is 15.9 Å². The third-order valence-corrected chi connectivity index (χ3v) is 10.1. The smallest absolute Gasteiger partial charge is 0.394 e. The normalized spacial score (nSPS) is 22.7. The minimum atomic E-state index is -4.25. The highest BCUT2D eigenvalue weighted by atomic mass is 32.2. The Bertz CT molecular complexity index is 1630. The molecule has 1 saturated heterocycles. The minimum Gasteiger partial charge on any atom is -0.477 e. The molecule has 3 aromatic heterocycles. The molecule has 3 aliphatic rings. The van der Waals surface area contributed by atoms with Gasteiger partial charge >= 0.3 is 6.18 Å². The lowest BCUT2D eigenvalue weighted by Gasteiger charge is -2.34. The van der Waals surface area contributed by atoms with Gasteiger partial charge in [-0.25, -0.2) is 22.8 Å². The molecule has 1 atom stereocenters. The molecule has 15 heteroatoms. The first-order valence-corrected chi connectivity index (χ1v) is 15.9. The Morgan fingerprint density at radius 2 is 1.95 bits per heavy atom. The zero-order valence-electron chi connectivity index (χ0n) is 24.0. The van der Waals surface area contributed by atoms with E-state index in [1.807, 2.05) is 4.90 Å². The van der Waals surface area contributed by atoms with Gasteiger partial charge in [0, 0.05) is 37.1 Å². The number of aryl methyl sites for hydroxylation is 1. The van der Waals surface area contributed by atoms with E-state index in [9.17, 15) is 26.4 Å². The molecule has 1 saturated carbocycles. The number of aromatic nitrogens is 5. The molecular weight excluding hydrogens is 587 g/mol. The van der Waals surface area contributed by atoms with E-state index in [1.54, 1.807) is 16.9 Å². The SMILES string of the molecule is CC1(C)CC2CCCCn3cc(cn3)S(=O)(=O)NC(=O)c3ccc(-n4ccc(OCCC5(C(F)(F)F)CC5)n4)nc3N1C2. The monoisotopic (exact) mass is 621 g/mol. The standard InChI is InChI=1S/C28H34F3N7O4S/c1-26(2)15-19-5-3-4-12-36-18-20(16-32-36)43(40,41)35-25(39)21-6-7-22(33-24(21)37(26)17-19)38-13-8-23(34-38)42-14-11-27(9-10-27)28(29,30)31/h6-8,13,16,18-19H,3-5,9-12,14-15,17H2,1-2H3,(H,35,39). The molecule has 1 unspecified atom stereocenters. The number of pyridine rings is 1. The van der Waals surface area contributed by atoms with Crippen LogP contribution in [-0.2, 0) is 16.6 Å². The van der Waals surface area contributed by atoms with Crippen LogP contribution in [0.2, 0.25) is 0 Å². The summed E-state index contributed by atoms with van der Waals surface area (Å²) in [6.45, 7) is 5.23. The van der Waals surface area contributed by atoms with Gasteiger partial charge in [-0.2, -0.15) is 18.3 Å². The Morgan fingerprint density at radius 1 is 1.16 bits per heavy atom. The average molecular weight is 622 g/mol. The summed E-state index contributed by atoms with van der Waals surface area (Å²) in [5.74, 6) is 0.342. The third-order valence-electron chi connectivity index (χ3n) is 8.80. The number of rotatable bonds is 5. The topological polar surface area (TPSA) is 124 Å². The number of sulfonamides is 1. The molecular formula is C28H34F3N7O4S. The minimum absolute atomic E-state index is 0.0915. The van der Waals surface area contributed by atoms with Crippen molar-refractivity contribution in [3.8, 4) is 11.7 Å². The molecule has 232 valence electrons. The van der Waals surface area contributed by atoms with E-state index in [-0.39, 0.29) is 47.7 Å². The van der Waals surface area contributed by atoms with Gasteiger partial charge in [-0.05, 0) is 70.4 Å². The summed E-state index contributed by atoms with van der Waals surface area (Å²) in [5.41, 5.74) is -1.94. The van der Waals surface area contributed by atoms with Gasteiger partial charge in [-0.1, -0.05) is 6.42 Å². The summed E-state index contributed by atoms with van der Waals surface area (Å²) >= 11 is 0. The zero-order valence-corrected chi connectivity index (χ0v) is 24.8. The van der Waals surface area contributed by atoms with E-state index in [4.69, 9.17) is 9.72 Å². The number of hydrogen-bond acceptors (Lipinski definition) is 8. The summed E-state index contributed by atoms with van der Waals surface area (Å²) in [5, 5.41) is 8.49. The van der Waals surface area contributed by atoms with Crippen molar-refractivity contribution in [2.24, 2.45) is 11.3 Å². The highest BCUT2D eigenvalue weighted by Crippen LogP contribution is 2.59. The van der Waals surface area contributed by atoms with E-state index in [1.165, 1.54) is 29.2 Å². The van der Waals surface area contributed by atoms with Gasteiger partial charge in [0.05, 0.1) is 23.8 Å². The molecule has 11 nitrogen and oxygen atoms in total. The summed E-state index contributed by atoms with van der Waals surface area (Å²) in [6.07, 6.45) is 3.66. The maximum absolute atomic E-state index is 13.5. The fourth-order valence-electron chi connectivity index (χ4n) is 6.14. The van der Waals surface area contributed by atoms with Crippen LogP contribution in [0.15, 0.2) is 41.7 Å². The molecule has 1 N–H and O–H groups in total. The number of carbonyl (C=O) groups excluding carboxylic acids is 1. The van der Waals surface area contributed by atoms with Gasteiger partial charge in [-0.15, -0.1) is 5.10 Å².